The molecule has 1 heterocycles. The molecule has 1 aliphatic carbocycles. The van der Waals surface area contributed by atoms with Crippen molar-refractivity contribution in [1.29, 1.82) is 0 Å². The first kappa shape index (κ1) is 11.3. The SMILES string of the molecule is Cc1c(NCC2CC2)cnn1CC(F)(F)F. The zero-order chi connectivity index (χ0) is 11.8. The molecule has 0 amide bonds. The normalized spacial score (nSPS) is 16.5. The molecule has 1 aromatic heterocycles. The van der Waals surface area contributed by atoms with Crippen molar-refractivity contribution in [3.8, 4) is 0 Å². The molecule has 0 atom stereocenters. The molecule has 1 aromatic rings. The van der Waals surface area contributed by atoms with Gasteiger partial charge in [-0.05, 0) is 25.7 Å². The summed E-state index contributed by atoms with van der Waals surface area (Å²) in [6, 6.07) is 0. The number of halogens is 3. The van der Waals surface area contributed by atoms with Gasteiger partial charge in [0.25, 0.3) is 0 Å². The maximum Gasteiger partial charge on any atom is 0.408 e. The van der Waals surface area contributed by atoms with Gasteiger partial charge in [0.05, 0.1) is 17.6 Å². The van der Waals surface area contributed by atoms with Crippen molar-refractivity contribution in [2.75, 3.05) is 11.9 Å². The minimum atomic E-state index is -4.22. The second-order valence-corrected chi connectivity index (χ2v) is 4.24. The summed E-state index contributed by atoms with van der Waals surface area (Å²) >= 11 is 0. The summed E-state index contributed by atoms with van der Waals surface area (Å²) < 4.78 is 37.5. The van der Waals surface area contributed by atoms with Crippen LogP contribution in [-0.4, -0.2) is 22.5 Å². The Balaban J connectivity index is 1.98. The lowest BCUT2D eigenvalue weighted by atomic mass is 10.3. The zero-order valence-electron chi connectivity index (χ0n) is 9.01. The molecule has 1 N–H and O–H groups in total. The quantitative estimate of drug-likeness (QED) is 0.866. The molecule has 2 rings (SSSR count). The van der Waals surface area contributed by atoms with Crippen LogP contribution in [0.5, 0.6) is 0 Å². The van der Waals surface area contributed by atoms with E-state index in [0.717, 1.165) is 11.2 Å². The fraction of sp³-hybridized carbons (Fsp3) is 0.700. The summed E-state index contributed by atoms with van der Waals surface area (Å²) in [6.45, 7) is 1.45. The molecule has 0 bridgehead atoms. The lowest BCUT2D eigenvalue weighted by Gasteiger charge is -2.09. The Morgan fingerprint density at radius 2 is 2.19 bits per heavy atom. The Morgan fingerprint density at radius 3 is 2.75 bits per heavy atom. The first-order chi connectivity index (χ1) is 7.46. The predicted octanol–water partition coefficient (Wildman–Crippen LogP) is 2.58. The number of anilines is 1. The van der Waals surface area contributed by atoms with E-state index < -0.39 is 12.7 Å². The molecule has 0 aliphatic heterocycles. The third-order valence-electron chi connectivity index (χ3n) is 2.71. The standard InChI is InChI=1S/C10H14F3N3/c1-7-9(14-4-8-2-3-8)5-15-16(7)6-10(11,12)13/h5,8,14H,2-4,6H2,1H3. The van der Waals surface area contributed by atoms with Crippen molar-refractivity contribution in [1.82, 2.24) is 9.78 Å². The smallest absolute Gasteiger partial charge is 0.382 e. The molecule has 6 heteroatoms. The van der Waals surface area contributed by atoms with Crippen molar-refractivity contribution >= 4 is 5.69 Å². The molecule has 0 saturated heterocycles. The molecule has 16 heavy (non-hydrogen) atoms. The molecular formula is C10H14F3N3. The van der Waals surface area contributed by atoms with E-state index >= 15 is 0 Å². The predicted molar refractivity (Wildman–Crippen MR) is 54.2 cm³/mol. The van der Waals surface area contributed by atoms with Gasteiger partial charge in [-0.3, -0.25) is 4.68 Å². The second-order valence-electron chi connectivity index (χ2n) is 4.24. The number of hydrogen-bond acceptors (Lipinski definition) is 2. The number of rotatable bonds is 4. The largest absolute Gasteiger partial charge is 0.408 e. The molecule has 1 fully saturated rings. The number of nitrogens with one attached hydrogen (secondary N) is 1. The zero-order valence-corrected chi connectivity index (χ0v) is 9.01. The van der Waals surface area contributed by atoms with Crippen LogP contribution in [0.4, 0.5) is 18.9 Å². The third-order valence-corrected chi connectivity index (χ3v) is 2.71. The Kier molecular flexibility index (Phi) is 2.82. The molecule has 3 nitrogen and oxygen atoms in total. The lowest BCUT2D eigenvalue weighted by Crippen LogP contribution is -2.19. The van der Waals surface area contributed by atoms with Gasteiger partial charge in [-0.25, -0.2) is 0 Å². The molecule has 0 radical (unpaired) electrons. The van der Waals surface area contributed by atoms with E-state index in [9.17, 15) is 13.2 Å². The molecule has 0 unspecified atom stereocenters. The van der Waals surface area contributed by atoms with E-state index in [1.165, 1.54) is 19.0 Å². The van der Waals surface area contributed by atoms with Gasteiger partial charge in [0, 0.05) is 6.54 Å². The summed E-state index contributed by atoms with van der Waals surface area (Å²) in [7, 11) is 0. The number of nitrogens with zero attached hydrogens (tertiary/aromatic N) is 2. The molecule has 0 spiro atoms. The Labute approximate surface area is 91.6 Å². The van der Waals surface area contributed by atoms with Gasteiger partial charge in [-0.15, -0.1) is 0 Å². The van der Waals surface area contributed by atoms with Gasteiger partial charge < -0.3 is 5.32 Å². The highest BCUT2D eigenvalue weighted by molar-refractivity contribution is 5.45. The first-order valence-corrected chi connectivity index (χ1v) is 5.29. The summed E-state index contributed by atoms with van der Waals surface area (Å²) in [4.78, 5) is 0. The highest BCUT2D eigenvalue weighted by Crippen LogP contribution is 2.29. The van der Waals surface area contributed by atoms with Gasteiger partial charge in [0.1, 0.15) is 6.54 Å². The van der Waals surface area contributed by atoms with E-state index in [2.05, 4.69) is 10.4 Å². The van der Waals surface area contributed by atoms with Gasteiger partial charge in [0.2, 0.25) is 0 Å². The van der Waals surface area contributed by atoms with E-state index in [4.69, 9.17) is 0 Å². The second kappa shape index (κ2) is 3.99. The first-order valence-electron chi connectivity index (χ1n) is 5.29. The third kappa shape index (κ3) is 2.90. The Hall–Kier alpha value is -1.20. The Bertz CT molecular complexity index is 366. The van der Waals surface area contributed by atoms with Crippen molar-refractivity contribution < 1.29 is 13.2 Å². The Morgan fingerprint density at radius 1 is 1.50 bits per heavy atom. The van der Waals surface area contributed by atoms with Gasteiger partial charge >= 0.3 is 6.18 Å². The van der Waals surface area contributed by atoms with Gasteiger partial charge in [-0.2, -0.15) is 18.3 Å². The van der Waals surface area contributed by atoms with Crippen LogP contribution in [-0.2, 0) is 6.54 Å². The van der Waals surface area contributed by atoms with Crippen molar-refractivity contribution in [3.05, 3.63) is 11.9 Å². The van der Waals surface area contributed by atoms with Crippen molar-refractivity contribution in [2.45, 2.75) is 32.5 Å². The maximum atomic E-state index is 12.2. The van der Waals surface area contributed by atoms with Crippen LogP contribution >= 0.6 is 0 Å². The summed E-state index contributed by atoms with van der Waals surface area (Å²) in [5, 5.41) is 6.86. The molecular weight excluding hydrogens is 219 g/mol. The van der Waals surface area contributed by atoms with Crippen LogP contribution in [0.25, 0.3) is 0 Å². The topological polar surface area (TPSA) is 29.9 Å². The number of alkyl halides is 3. The van der Waals surface area contributed by atoms with E-state index in [1.54, 1.807) is 6.92 Å². The monoisotopic (exact) mass is 233 g/mol. The van der Waals surface area contributed by atoms with Crippen molar-refractivity contribution in [3.63, 3.8) is 0 Å². The highest BCUT2D eigenvalue weighted by atomic mass is 19.4. The van der Waals surface area contributed by atoms with Crippen LogP contribution in [0.2, 0.25) is 0 Å². The lowest BCUT2D eigenvalue weighted by molar-refractivity contribution is -0.142. The maximum absolute atomic E-state index is 12.2. The van der Waals surface area contributed by atoms with Gasteiger partial charge in [0.15, 0.2) is 0 Å². The number of aromatic nitrogens is 2. The van der Waals surface area contributed by atoms with Crippen LogP contribution in [0, 0.1) is 12.8 Å². The molecule has 1 saturated carbocycles. The average Bonchev–Trinajstić information content (AvgIpc) is 2.92. The van der Waals surface area contributed by atoms with Crippen molar-refractivity contribution in [2.24, 2.45) is 5.92 Å². The average molecular weight is 233 g/mol. The van der Waals surface area contributed by atoms with E-state index in [0.29, 0.717) is 17.3 Å². The van der Waals surface area contributed by atoms with Crippen LogP contribution in [0.1, 0.15) is 18.5 Å². The van der Waals surface area contributed by atoms with E-state index in [1.807, 2.05) is 0 Å². The summed E-state index contributed by atoms with van der Waals surface area (Å²) in [6.07, 6.45) is -0.334. The van der Waals surface area contributed by atoms with E-state index in [-0.39, 0.29) is 0 Å². The molecule has 90 valence electrons. The summed E-state index contributed by atoms with van der Waals surface area (Å²) in [5.74, 6) is 0.686. The minimum Gasteiger partial charge on any atom is -0.382 e. The minimum absolute atomic E-state index is 0.540. The molecule has 1 aliphatic rings. The van der Waals surface area contributed by atoms with Crippen LogP contribution in [0.15, 0.2) is 6.20 Å². The fourth-order valence-corrected chi connectivity index (χ4v) is 1.53. The number of hydrogen-bond donors (Lipinski definition) is 1. The fourth-order valence-electron chi connectivity index (χ4n) is 1.53. The summed E-state index contributed by atoms with van der Waals surface area (Å²) in [5.41, 5.74) is 1.24. The highest BCUT2D eigenvalue weighted by Gasteiger charge is 2.29. The van der Waals surface area contributed by atoms with Crippen LogP contribution in [0.3, 0.4) is 0 Å². The van der Waals surface area contributed by atoms with Gasteiger partial charge in [-0.1, -0.05) is 0 Å². The molecule has 0 aromatic carbocycles. The van der Waals surface area contributed by atoms with Crippen LogP contribution < -0.4 is 5.32 Å².